The van der Waals surface area contributed by atoms with Crippen molar-refractivity contribution in [3.63, 3.8) is 0 Å². The number of ether oxygens (including phenoxy) is 1. The maximum absolute atomic E-state index is 13.0. The normalized spacial score (nSPS) is 11.6. The largest absolute Gasteiger partial charge is 0.492 e. The maximum Gasteiger partial charge on any atom is 0.242 e. The Morgan fingerprint density at radius 1 is 1.04 bits per heavy atom. The molecule has 0 saturated carbocycles. The molecule has 0 fully saturated rings. The average molecular weight is 365 g/mol. The predicted molar refractivity (Wildman–Crippen MR) is 103 cm³/mol. The second kappa shape index (κ2) is 9.01. The molecule has 0 spiro atoms. The van der Waals surface area contributed by atoms with Crippen molar-refractivity contribution in [1.82, 2.24) is 9.97 Å². The second-order valence-electron chi connectivity index (χ2n) is 5.36. The van der Waals surface area contributed by atoms with Crippen LogP contribution in [0.25, 0.3) is 0 Å². The van der Waals surface area contributed by atoms with Gasteiger partial charge in [0.15, 0.2) is 5.16 Å². The minimum Gasteiger partial charge on any atom is -0.492 e. The Hall–Kier alpha value is -2.86. The van der Waals surface area contributed by atoms with E-state index >= 15 is 0 Å². The molecule has 1 amide bonds. The van der Waals surface area contributed by atoms with Crippen LogP contribution in [0, 0.1) is 0 Å². The van der Waals surface area contributed by atoms with E-state index in [-0.39, 0.29) is 5.91 Å². The fourth-order valence-corrected chi connectivity index (χ4v) is 3.32. The van der Waals surface area contributed by atoms with Gasteiger partial charge < -0.3 is 10.1 Å². The maximum atomic E-state index is 13.0. The van der Waals surface area contributed by atoms with Gasteiger partial charge in [-0.25, -0.2) is 9.97 Å². The molecule has 0 radical (unpaired) electrons. The van der Waals surface area contributed by atoms with Crippen molar-refractivity contribution in [2.45, 2.75) is 17.3 Å². The van der Waals surface area contributed by atoms with Gasteiger partial charge in [-0.05, 0) is 30.7 Å². The summed E-state index contributed by atoms with van der Waals surface area (Å²) < 4.78 is 5.60. The van der Waals surface area contributed by atoms with Crippen LogP contribution in [0.3, 0.4) is 0 Å². The van der Waals surface area contributed by atoms with Gasteiger partial charge in [0.1, 0.15) is 11.0 Å². The minimum atomic E-state index is -0.478. The highest BCUT2D eigenvalue weighted by molar-refractivity contribution is 8.00. The van der Waals surface area contributed by atoms with Gasteiger partial charge in [0.05, 0.1) is 12.3 Å². The third kappa shape index (κ3) is 4.61. The molecular formula is C20H19N3O2S. The molecule has 0 aliphatic carbocycles. The highest BCUT2D eigenvalue weighted by atomic mass is 32.2. The van der Waals surface area contributed by atoms with E-state index in [0.29, 0.717) is 23.2 Å². The van der Waals surface area contributed by atoms with Gasteiger partial charge >= 0.3 is 0 Å². The molecule has 0 saturated heterocycles. The van der Waals surface area contributed by atoms with E-state index in [1.165, 1.54) is 11.8 Å². The van der Waals surface area contributed by atoms with E-state index in [0.717, 1.165) is 5.56 Å². The Kier molecular flexibility index (Phi) is 6.22. The molecule has 1 N–H and O–H groups in total. The number of hydrogen-bond donors (Lipinski definition) is 1. The lowest BCUT2D eigenvalue weighted by molar-refractivity contribution is -0.115. The molecule has 1 heterocycles. The van der Waals surface area contributed by atoms with Crippen LogP contribution >= 0.6 is 11.8 Å². The molecule has 5 nitrogen and oxygen atoms in total. The van der Waals surface area contributed by atoms with Gasteiger partial charge in [0.25, 0.3) is 0 Å². The van der Waals surface area contributed by atoms with E-state index < -0.39 is 5.25 Å². The Morgan fingerprint density at radius 3 is 2.46 bits per heavy atom. The highest BCUT2D eigenvalue weighted by Gasteiger charge is 2.24. The van der Waals surface area contributed by atoms with Crippen molar-refractivity contribution >= 4 is 23.4 Å². The summed E-state index contributed by atoms with van der Waals surface area (Å²) in [5.74, 6) is 0.497. The molecule has 3 aromatic rings. The third-order valence-electron chi connectivity index (χ3n) is 3.55. The topological polar surface area (TPSA) is 64.1 Å². The monoisotopic (exact) mass is 365 g/mol. The van der Waals surface area contributed by atoms with Gasteiger partial charge in [0.2, 0.25) is 5.91 Å². The first-order valence-corrected chi connectivity index (χ1v) is 9.17. The first-order chi connectivity index (χ1) is 12.8. The lowest BCUT2D eigenvalue weighted by atomic mass is 10.1. The van der Waals surface area contributed by atoms with Gasteiger partial charge in [0, 0.05) is 12.4 Å². The summed E-state index contributed by atoms with van der Waals surface area (Å²) in [6.07, 6.45) is 3.33. The number of carbonyl (C=O) groups is 1. The molecule has 2 aromatic carbocycles. The molecule has 3 rings (SSSR count). The van der Waals surface area contributed by atoms with Crippen molar-refractivity contribution in [2.24, 2.45) is 0 Å². The molecule has 1 unspecified atom stereocenters. The van der Waals surface area contributed by atoms with Crippen LogP contribution in [0.4, 0.5) is 5.69 Å². The summed E-state index contributed by atoms with van der Waals surface area (Å²) in [6.45, 7) is 2.44. The zero-order chi connectivity index (χ0) is 18.2. The molecule has 6 heteroatoms. The van der Waals surface area contributed by atoms with E-state index in [1.54, 1.807) is 18.5 Å². The molecular weight excluding hydrogens is 346 g/mol. The highest BCUT2D eigenvalue weighted by Crippen LogP contribution is 2.35. The number of thioether (sulfide) groups is 1. The molecule has 0 aliphatic rings. The number of amides is 1. The van der Waals surface area contributed by atoms with Crippen LogP contribution in [0.1, 0.15) is 17.7 Å². The number of carbonyl (C=O) groups excluding carboxylic acids is 1. The Morgan fingerprint density at radius 2 is 1.73 bits per heavy atom. The van der Waals surface area contributed by atoms with E-state index in [9.17, 15) is 4.79 Å². The van der Waals surface area contributed by atoms with Crippen LogP contribution in [0.2, 0.25) is 0 Å². The van der Waals surface area contributed by atoms with Gasteiger partial charge in [-0.3, -0.25) is 4.79 Å². The third-order valence-corrected chi connectivity index (χ3v) is 4.69. The lowest BCUT2D eigenvalue weighted by Crippen LogP contribution is -2.19. The van der Waals surface area contributed by atoms with Gasteiger partial charge in [-0.2, -0.15) is 0 Å². The molecule has 1 aromatic heterocycles. The van der Waals surface area contributed by atoms with Crippen LogP contribution in [0.5, 0.6) is 5.75 Å². The fourth-order valence-electron chi connectivity index (χ4n) is 2.40. The van der Waals surface area contributed by atoms with Crippen molar-refractivity contribution in [3.05, 3.63) is 78.6 Å². The number of hydrogen-bond acceptors (Lipinski definition) is 5. The first-order valence-electron chi connectivity index (χ1n) is 8.29. The zero-order valence-electron chi connectivity index (χ0n) is 14.3. The average Bonchev–Trinajstić information content (AvgIpc) is 2.69. The quantitative estimate of drug-likeness (QED) is 0.498. The van der Waals surface area contributed by atoms with Crippen molar-refractivity contribution < 1.29 is 9.53 Å². The molecule has 132 valence electrons. The number of para-hydroxylation sites is 2. The number of aromatic nitrogens is 2. The summed E-state index contributed by atoms with van der Waals surface area (Å²) in [5.41, 5.74) is 1.53. The SMILES string of the molecule is CCOc1ccccc1NC(=O)C(Sc1ncccn1)c1ccccc1. The zero-order valence-corrected chi connectivity index (χ0v) is 15.1. The lowest BCUT2D eigenvalue weighted by Gasteiger charge is -2.17. The van der Waals surface area contributed by atoms with Crippen molar-refractivity contribution in [2.75, 3.05) is 11.9 Å². The van der Waals surface area contributed by atoms with Crippen molar-refractivity contribution in [1.29, 1.82) is 0 Å². The molecule has 0 aliphatic heterocycles. The van der Waals surface area contributed by atoms with Crippen LogP contribution in [0.15, 0.2) is 78.2 Å². The smallest absolute Gasteiger partial charge is 0.242 e. The molecule has 26 heavy (non-hydrogen) atoms. The number of nitrogens with zero attached hydrogens (tertiary/aromatic N) is 2. The van der Waals surface area contributed by atoms with Crippen LogP contribution in [-0.4, -0.2) is 22.5 Å². The fraction of sp³-hybridized carbons (Fsp3) is 0.150. The minimum absolute atomic E-state index is 0.152. The Balaban J connectivity index is 1.86. The summed E-state index contributed by atoms with van der Waals surface area (Å²) in [6, 6.07) is 18.8. The predicted octanol–water partition coefficient (Wildman–Crippen LogP) is 4.35. The first kappa shape index (κ1) is 17.9. The second-order valence-corrected chi connectivity index (χ2v) is 6.43. The van der Waals surface area contributed by atoms with E-state index in [1.807, 2.05) is 61.5 Å². The van der Waals surface area contributed by atoms with Crippen LogP contribution in [-0.2, 0) is 4.79 Å². The van der Waals surface area contributed by atoms with E-state index in [4.69, 9.17) is 4.74 Å². The summed E-state index contributed by atoms with van der Waals surface area (Å²) in [4.78, 5) is 21.5. The van der Waals surface area contributed by atoms with Gasteiger partial charge in [-0.1, -0.05) is 54.2 Å². The summed E-state index contributed by atoms with van der Waals surface area (Å²) in [5, 5.41) is 3.05. The number of anilines is 1. The number of benzene rings is 2. The van der Waals surface area contributed by atoms with Crippen LogP contribution < -0.4 is 10.1 Å². The summed E-state index contributed by atoms with van der Waals surface area (Å²) in [7, 11) is 0. The number of rotatable bonds is 7. The molecule has 0 bridgehead atoms. The summed E-state index contributed by atoms with van der Waals surface area (Å²) >= 11 is 1.31. The Labute approximate surface area is 156 Å². The number of nitrogens with one attached hydrogen (secondary N) is 1. The molecule has 1 atom stereocenters. The standard InChI is InChI=1S/C20H19N3O2S/c1-2-25-17-12-7-6-11-16(17)23-19(24)18(15-9-4-3-5-10-15)26-20-21-13-8-14-22-20/h3-14,18H,2H2,1H3,(H,23,24). The Bertz CT molecular complexity index is 844. The van der Waals surface area contributed by atoms with E-state index in [2.05, 4.69) is 15.3 Å². The van der Waals surface area contributed by atoms with Crippen molar-refractivity contribution in [3.8, 4) is 5.75 Å². The van der Waals surface area contributed by atoms with Gasteiger partial charge in [-0.15, -0.1) is 0 Å².